The Balaban J connectivity index is 1.77. The summed E-state index contributed by atoms with van der Waals surface area (Å²) >= 11 is 0. The maximum atomic E-state index is 12.2. The molecule has 1 aromatic heterocycles. The largest absolute Gasteiger partial charge is 0.433 e. The van der Waals surface area contributed by atoms with E-state index in [1.807, 2.05) is 0 Å². The van der Waals surface area contributed by atoms with E-state index in [-0.39, 0.29) is 12.3 Å². The number of nitrogens with zero attached hydrogens (tertiary/aromatic N) is 4. The van der Waals surface area contributed by atoms with Gasteiger partial charge in [-0.1, -0.05) is 18.2 Å². The molecule has 0 aliphatic carbocycles. The first-order chi connectivity index (χ1) is 11.1. The molecule has 1 aliphatic rings. The van der Waals surface area contributed by atoms with Crippen molar-refractivity contribution in [1.82, 2.24) is 5.01 Å². The number of furan rings is 1. The minimum Gasteiger partial charge on any atom is -0.400 e. The molecule has 0 saturated carbocycles. The van der Waals surface area contributed by atoms with Crippen molar-refractivity contribution in [2.45, 2.75) is 0 Å². The van der Waals surface area contributed by atoms with Crippen molar-refractivity contribution in [2.75, 3.05) is 11.4 Å². The Bertz CT molecular complexity index is 799. The molecule has 0 N–H and O–H groups in total. The Morgan fingerprint density at radius 3 is 2.57 bits per heavy atom. The van der Waals surface area contributed by atoms with E-state index in [1.54, 1.807) is 30.3 Å². The van der Waals surface area contributed by atoms with Crippen LogP contribution in [0, 0.1) is 10.1 Å². The fourth-order valence-electron chi connectivity index (χ4n) is 2.05. The molecule has 9 heteroatoms. The highest BCUT2D eigenvalue weighted by molar-refractivity contribution is 6.19. The van der Waals surface area contributed by atoms with Gasteiger partial charge < -0.3 is 4.42 Å². The van der Waals surface area contributed by atoms with Crippen LogP contribution >= 0.6 is 0 Å². The summed E-state index contributed by atoms with van der Waals surface area (Å²) in [4.78, 5) is 35.1. The van der Waals surface area contributed by atoms with Crippen LogP contribution < -0.4 is 4.90 Å². The molecule has 3 rings (SSSR count). The normalized spacial score (nSPS) is 15.0. The monoisotopic (exact) mass is 314 g/mol. The summed E-state index contributed by atoms with van der Waals surface area (Å²) < 4.78 is 4.89. The van der Waals surface area contributed by atoms with Crippen molar-refractivity contribution < 1.29 is 18.9 Å². The third-order valence-corrected chi connectivity index (χ3v) is 3.08. The highest BCUT2D eigenvalue weighted by atomic mass is 16.6. The molecule has 1 aliphatic heterocycles. The van der Waals surface area contributed by atoms with Gasteiger partial charge in [-0.2, -0.15) is 5.10 Å². The average molecular weight is 314 g/mol. The topological polar surface area (TPSA) is 109 Å². The van der Waals surface area contributed by atoms with Crippen LogP contribution in [0.5, 0.6) is 0 Å². The van der Waals surface area contributed by atoms with Crippen molar-refractivity contribution in [3.8, 4) is 0 Å². The molecule has 2 aromatic rings. The standard InChI is InChI=1S/C14H10N4O5/c19-12-9-16(14(20)17(12)10-4-2-1-3-5-10)15-8-11-6-7-13(23-11)18(21)22/h1-8H,9H2/b15-8+. The highest BCUT2D eigenvalue weighted by Crippen LogP contribution is 2.21. The highest BCUT2D eigenvalue weighted by Gasteiger charge is 2.37. The van der Waals surface area contributed by atoms with E-state index in [0.29, 0.717) is 5.69 Å². The van der Waals surface area contributed by atoms with Gasteiger partial charge in [-0.25, -0.2) is 14.7 Å². The number of carbonyl (C=O) groups excluding carboxylic acids is 2. The molecule has 1 saturated heterocycles. The number of amides is 3. The first-order valence-corrected chi connectivity index (χ1v) is 6.54. The number of imide groups is 1. The fourth-order valence-corrected chi connectivity index (χ4v) is 2.05. The Hall–Kier alpha value is -3.49. The lowest BCUT2D eigenvalue weighted by Crippen LogP contribution is -2.31. The number of hydrazone groups is 1. The summed E-state index contributed by atoms with van der Waals surface area (Å²) in [6, 6.07) is 10.4. The van der Waals surface area contributed by atoms with Crippen LogP contribution in [0.4, 0.5) is 16.4 Å². The third kappa shape index (κ3) is 2.79. The van der Waals surface area contributed by atoms with Crippen molar-refractivity contribution >= 4 is 29.7 Å². The van der Waals surface area contributed by atoms with Gasteiger partial charge in [0, 0.05) is 0 Å². The fraction of sp³-hybridized carbons (Fsp3) is 0.0714. The number of nitro groups is 1. The van der Waals surface area contributed by atoms with Gasteiger partial charge in [0.1, 0.15) is 11.5 Å². The predicted octanol–water partition coefficient (Wildman–Crippen LogP) is 1.99. The number of hydrogen-bond acceptors (Lipinski definition) is 6. The summed E-state index contributed by atoms with van der Waals surface area (Å²) in [6.07, 6.45) is 1.15. The van der Waals surface area contributed by atoms with E-state index in [4.69, 9.17) is 4.42 Å². The molecule has 3 amide bonds. The molecule has 1 fully saturated rings. The smallest absolute Gasteiger partial charge is 0.400 e. The summed E-state index contributed by atoms with van der Waals surface area (Å²) in [6.45, 7) is -0.215. The second-order valence-electron chi connectivity index (χ2n) is 4.58. The molecular formula is C14H10N4O5. The van der Waals surface area contributed by atoms with E-state index >= 15 is 0 Å². The van der Waals surface area contributed by atoms with Crippen molar-refractivity contribution in [3.05, 3.63) is 58.3 Å². The number of carbonyl (C=O) groups is 2. The van der Waals surface area contributed by atoms with Gasteiger partial charge in [0.15, 0.2) is 5.76 Å². The molecule has 9 nitrogen and oxygen atoms in total. The Labute approximate surface area is 129 Å². The number of benzene rings is 1. The Kier molecular flexibility index (Phi) is 3.59. The lowest BCUT2D eigenvalue weighted by Gasteiger charge is -2.13. The number of hydrogen-bond donors (Lipinski definition) is 0. The maximum absolute atomic E-state index is 12.2. The maximum Gasteiger partial charge on any atom is 0.433 e. The van der Waals surface area contributed by atoms with Crippen LogP contribution in [0.3, 0.4) is 0 Å². The van der Waals surface area contributed by atoms with Crippen molar-refractivity contribution in [3.63, 3.8) is 0 Å². The van der Waals surface area contributed by atoms with Crippen LogP contribution in [0.2, 0.25) is 0 Å². The number of rotatable bonds is 4. The van der Waals surface area contributed by atoms with E-state index in [9.17, 15) is 19.7 Å². The first-order valence-electron chi connectivity index (χ1n) is 6.54. The lowest BCUT2D eigenvalue weighted by molar-refractivity contribution is -0.402. The van der Waals surface area contributed by atoms with Crippen LogP contribution in [0.1, 0.15) is 5.76 Å². The summed E-state index contributed by atoms with van der Waals surface area (Å²) in [5.41, 5.74) is 0.453. The van der Waals surface area contributed by atoms with E-state index in [2.05, 4.69) is 5.10 Å². The van der Waals surface area contributed by atoms with E-state index in [0.717, 1.165) is 16.1 Å². The zero-order chi connectivity index (χ0) is 16.4. The van der Waals surface area contributed by atoms with Gasteiger partial charge in [0.2, 0.25) is 0 Å². The van der Waals surface area contributed by atoms with Crippen molar-refractivity contribution in [2.24, 2.45) is 5.10 Å². The minimum atomic E-state index is -0.682. The SMILES string of the molecule is O=C1CN(/N=C/c2ccc([N+](=O)[O-])o2)C(=O)N1c1ccccc1. The summed E-state index contributed by atoms with van der Waals surface area (Å²) in [5.74, 6) is -0.736. The molecule has 0 radical (unpaired) electrons. The Morgan fingerprint density at radius 2 is 1.91 bits per heavy atom. The summed E-state index contributed by atoms with van der Waals surface area (Å²) in [5, 5.41) is 15.3. The molecule has 23 heavy (non-hydrogen) atoms. The van der Waals surface area contributed by atoms with E-state index < -0.39 is 22.7 Å². The van der Waals surface area contributed by atoms with Crippen LogP contribution in [0.25, 0.3) is 0 Å². The molecule has 0 atom stereocenters. The number of anilines is 1. The Morgan fingerprint density at radius 1 is 1.17 bits per heavy atom. The molecule has 116 valence electrons. The second-order valence-corrected chi connectivity index (χ2v) is 4.58. The van der Waals surface area contributed by atoms with Gasteiger partial charge in [0.05, 0.1) is 18.0 Å². The zero-order valence-electron chi connectivity index (χ0n) is 11.7. The molecule has 0 bridgehead atoms. The zero-order valence-corrected chi connectivity index (χ0v) is 11.7. The molecule has 0 unspecified atom stereocenters. The van der Waals surface area contributed by atoms with Gasteiger partial charge in [0.25, 0.3) is 5.91 Å². The van der Waals surface area contributed by atoms with Crippen LogP contribution in [-0.2, 0) is 4.79 Å². The van der Waals surface area contributed by atoms with Gasteiger partial charge in [-0.3, -0.25) is 14.9 Å². The molecule has 1 aromatic carbocycles. The minimum absolute atomic E-state index is 0.107. The van der Waals surface area contributed by atoms with Crippen LogP contribution in [-0.4, -0.2) is 34.6 Å². The van der Waals surface area contributed by atoms with Gasteiger partial charge in [-0.15, -0.1) is 0 Å². The first kappa shape index (κ1) is 14.4. The van der Waals surface area contributed by atoms with Gasteiger partial charge in [-0.05, 0) is 18.2 Å². The predicted molar refractivity (Wildman–Crippen MR) is 79.0 cm³/mol. The number of urea groups is 1. The van der Waals surface area contributed by atoms with Gasteiger partial charge >= 0.3 is 11.9 Å². The third-order valence-electron chi connectivity index (χ3n) is 3.08. The van der Waals surface area contributed by atoms with Crippen molar-refractivity contribution in [1.29, 1.82) is 0 Å². The average Bonchev–Trinajstić information content (AvgIpc) is 3.11. The molecule has 0 spiro atoms. The van der Waals surface area contributed by atoms with Crippen LogP contribution in [0.15, 0.2) is 52.0 Å². The number of para-hydroxylation sites is 1. The second kappa shape index (κ2) is 5.72. The summed E-state index contributed by atoms with van der Waals surface area (Å²) in [7, 11) is 0. The molecule has 2 heterocycles. The quantitative estimate of drug-likeness (QED) is 0.371. The molecular weight excluding hydrogens is 304 g/mol. The van der Waals surface area contributed by atoms with E-state index in [1.165, 1.54) is 12.1 Å². The lowest BCUT2D eigenvalue weighted by atomic mass is 10.3.